The lowest BCUT2D eigenvalue weighted by atomic mass is 9.35. The number of nitrogens with zero attached hydrogens (tertiary/aromatic N) is 4. The van der Waals surface area contributed by atoms with E-state index in [4.69, 9.17) is 9.97 Å². The molecule has 64 heavy (non-hydrogen) atoms. The van der Waals surface area contributed by atoms with Crippen LogP contribution in [-0.2, 0) is 0 Å². The van der Waals surface area contributed by atoms with Crippen molar-refractivity contribution in [3.05, 3.63) is 218 Å². The fraction of sp³-hybridized carbons (Fsp3) is 0. The molecule has 0 radical (unpaired) electrons. The van der Waals surface area contributed by atoms with Crippen molar-refractivity contribution >= 4 is 123 Å². The second-order valence-electron chi connectivity index (χ2n) is 16.5. The van der Waals surface area contributed by atoms with Crippen LogP contribution in [0.5, 0.6) is 0 Å². The van der Waals surface area contributed by atoms with Crippen LogP contribution in [0.4, 0.5) is 34.1 Å². The Hall–Kier alpha value is -7.51. The van der Waals surface area contributed by atoms with E-state index in [1.165, 1.54) is 55.5 Å². The molecule has 0 unspecified atom stereocenters. The maximum atomic E-state index is 5.18. The van der Waals surface area contributed by atoms with Crippen LogP contribution in [0.2, 0.25) is 0 Å². The topological polar surface area (TPSA) is 32.3 Å². The van der Waals surface area contributed by atoms with Gasteiger partial charge in [-0.1, -0.05) is 144 Å². The van der Waals surface area contributed by atoms with Crippen LogP contribution in [0, 0.1) is 0 Å². The van der Waals surface area contributed by atoms with Crippen LogP contribution < -0.4 is 42.6 Å². The summed E-state index contributed by atoms with van der Waals surface area (Å²) in [6.45, 7) is 0.341. The van der Waals surface area contributed by atoms with Gasteiger partial charge in [0.15, 0.2) is 0 Å². The van der Waals surface area contributed by atoms with Crippen LogP contribution in [0.25, 0.3) is 41.6 Å². The lowest BCUT2D eigenvalue weighted by Crippen LogP contribution is -2.57. The average molecular weight is 851 g/mol. The number of para-hydroxylation sites is 4. The molecule has 298 valence electrons. The Kier molecular flexibility index (Phi) is 8.74. The van der Waals surface area contributed by atoms with E-state index in [0.29, 0.717) is 0 Å². The minimum atomic E-state index is 0.170. The van der Waals surface area contributed by atoms with Crippen molar-refractivity contribution in [2.45, 2.75) is 0 Å². The molecule has 2 aliphatic rings. The zero-order valence-corrected chi connectivity index (χ0v) is 36.2. The third-order valence-electron chi connectivity index (χ3n) is 12.9. The van der Waals surface area contributed by atoms with Gasteiger partial charge in [0, 0.05) is 45.3 Å². The van der Waals surface area contributed by atoms with Crippen molar-refractivity contribution < 1.29 is 0 Å². The van der Waals surface area contributed by atoms with Crippen LogP contribution in [-0.4, -0.2) is 23.4 Å². The maximum Gasteiger partial charge on any atom is 0.246 e. The van der Waals surface area contributed by atoms with Crippen LogP contribution >= 0.6 is 22.7 Å². The van der Waals surface area contributed by atoms with E-state index in [9.17, 15) is 0 Å². The van der Waals surface area contributed by atoms with Crippen molar-refractivity contribution in [2.75, 3.05) is 9.80 Å². The molecule has 0 aliphatic carbocycles. The largest absolute Gasteiger partial charge is 0.312 e. The molecule has 9 aromatic carbocycles. The Morgan fingerprint density at radius 2 is 0.641 bits per heavy atom. The fourth-order valence-corrected chi connectivity index (χ4v) is 12.0. The minimum absolute atomic E-state index is 0.170. The predicted molar refractivity (Wildman–Crippen MR) is 275 cm³/mol. The number of fused-ring (bicyclic) bond motifs is 6. The van der Waals surface area contributed by atoms with Gasteiger partial charge in [-0.2, -0.15) is 0 Å². The van der Waals surface area contributed by atoms with Crippen molar-refractivity contribution in [1.82, 2.24) is 9.97 Å². The van der Waals surface area contributed by atoms with Crippen molar-refractivity contribution in [1.29, 1.82) is 0 Å². The molecule has 2 aromatic heterocycles. The predicted octanol–water partition coefficient (Wildman–Crippen LogP) is 10.8. The molecule has 0 saturated heterocycles. The Labute approximate surface area is 380 Å². The highest BCUT2D eigenvalue weighted by Gasteiger charge is 2.36. The summed E-state index contributed by atoms with van der Waals surface area (Å²) < 4.78 is 2.28. The van der Waals surface area contributed by atoms with Gasteiger partial charge in [-0.15, -0.1) is 22.7 Å². The SMILES string of the molecule is c1ccc(B2c3ccccc3N(c3ccc(-c4nc5cc6sc(-c7ccc(N8c9ccccc9B(c9ccccc9)c9ccccc98)cc7)nc6cc5s4)cc3)c3ccccc32)cc1. The molecule has 2 aliphatic heterocycles. The van der Waals surface area contributed by atoms with Gasteiger partial charge >= 0.3 is 0 Å². The van der Waals surface area contributed by atoms with E-state index < -0.39 is 0 Å². The molecule has 0 saturated carbocycles. The second-order valence-corrected chi connectivity index (χ2v) is 18.6. The number of hydrogen-bond acceptors (Lipinski definition) is 6. The smallest absolute Gasteiger partial charge is 0.246 e. The van der Waals surface area contributed by atoms with Gasteiger partial charge in [0.05, 0.1) is 20.4 Å². The van der Waals surface area contributed by atoms with Gasteiger partial charge in [0.25, 0.3) is 0 Å². The van der Waals surface area contributed by atoms with Gasteiger partial charge in [0.2, 0.25) is 13.4 Å². The molecule has 0 fully saturated rings. The molecule has 4 heterocycles. The third kappa shape index (κ3) is 6.05. The number of anilines is 6. The Morgan fingerprint density at radius 3 is 0.984 bits per heavy atom. The van der Waals surface area contributed by atoms with Gasteiger partial charge in [-0.25, -0.2) is 9.97 Å². The molecule has 0 amide bonds. The van der Waals surface area contributed by atoms with Gasteiger partial charge < -0.3 is 9.80 Å². The summed E-state index contributed by atoms with van der Waals surface area (Å²) in [5.41, 5.74) is 19.2. The molecular formula is C56H36B2N4S2. The highest BCUT2D eigenvalue weighted by atomic mass is 32.1. The summed E-state index contributed by atoms with van der Waals surface area (Å²) in [6, 6.07) is 79.2. The zero-order chi connectivity index (χ0) is 42.1. The van der Waals surface area contributed by atoms with E-state index >= 15 is 0 Å². The van der Waals surface area contributed by atoms with Crippen LogP contribution in [0.3, 0.4) is 0 Å². The lowest BCUT2D eigenvalue weighted by molar-refractivity contribution is 1.29. The first-order chi connectivity index (χ1) is 31.7. The van der Waals surface area contributed by atoms with Crippen LogP contribution in [0.15, 0.2) is 218 Å². The van der Waals surface area contributed by atoms with Crippen molar-refractivity contribution in [3.63, 3.8) is 0 Å². The molecule has 13 rings (SSSR count). The summed E-state index contributed by atoms with van der Waals surface area (Å²) in [5, 5.41) is 2.02. The van der Waals surface area contributed by atoms with E-state index in [-0.39, 0.29) is 13.4 Å². The third-order valence-corrected chi connectivity index (χ3v) is 15.0. The quantitative estimate of drug-likeness (QED) is 0.156. The van der Waals surface area contributed by atoms with Crippen molar-refractivity contribution in [3.8, 4) is 21.1 Å². The number of benzene rings is 9. The molecule has 0 N–H and O–H groups in total. The highest BCUT2D eigenvalue weighted by Crippen LogP contribution is 2.41. The Morgan fingerprint density at radius 1 is 0.328 bits per heavy atom. The number of rotatable bonds is 6. The highest BCUT2D eigenvalue weighted by molar-refractivity contribution is 7.23. The molecule has 0 bridgehead atoms. The normalized spacial score (nSPS) is 12.9. The monoisotopic (exact) mass is 850 g/mol. The summed E-state index contributed by atoms with van der Waals surface area (Å²) in [7, 11) is 0. The van der Waals surface area contributed by atoms with E-state index in [0.717, 1.165) is 53.0 Å². The van der Waals surface area contributed by atoms with E-state index in [1.807, 2.05) is 0 Å². The van der Waals surface area contributed by atoms with Crippen LogP contribution in [0.1, 0.15) is 0 Å². The van der Waals surface area contributed by atoms with Gasteiger partial charge in [-0.3, -0.25) is 0 Å². The molecule has 0 atom stereocenters. The molecule has 8 heteroatoms. The Bertz CT molecular complexity index is 3160. The first-order valence-electron chi connectivity index (χ1n) is 21.7. The first kappa shape index (κ1) is 37.1. The molecular weight excluding hydrogens is 814 g/mol. The van der Waals surface area contributed by atoms with E-state index in [2.05, 4.69) is 228 Å². The van der Waals surface area contributed by atoms with E-state index in [1.54, 1.807) is 22.7 Å². The number of hydrogen-bond donors (Lipinski definition) is 0. The standard InChI is InChI=1S/C56H36B2N4S2/c1-3-15-39(16-4-1)57-43-19-7-11-23-49(43)61(50-24-12-8-20-44(50)57)41-31-27-37(28-32-41)55-59-47-35-54-48(36-53(47)63-55)60-56(64-54)38-29-33-42(34-30-38)62-51-25-13-9-21-45(51)58(40-17-5-2-6-18-40)46-22-10-14-26-52(46)62/h1-36H. The zero-order valence-electron chi connectivity index (χ0n) is 34.5. The number of thiazole rings is 2. The average Bonchev–Trinajstić information content (AvgIpc) is 3.98. The van der Waals surface area contributed by atoms with Gasteiger partial charge in [0.1, 0.15) is 10.0 Å². The maximum absolute atomic E-state index is 5.18. The summed E-state index contributed by atoms with van der Waals surface area (Å²) >= 11 is 3.45. The number of aromatic nitrogens is 2. The minimum Gasteiger partial charge on any atom is -0.312 e. The van der Waals surface area contributed by atoms with Gasteiger partial charge in [-0.05, 0) is 107 Å². The first-order valence-corrected chi connectivity index (χ1v) is 23.3. The molecule has 4 nitrogen and oxygen atoms in total. The molecule has 0 spiro atoms. The fourth-order valence-electron chi connectivity index (χ4n) is 10.0. The lowest BCUT2D eigenvalue weighted by Gasteiger charge is -2.37. The summed E-state index contributed by atoms with van der Waals surface area (Å²) in [4.78, 5) is 15.2. The Balaban J connectivity index is 0.790. The summed E-state index contributed by atoms with van der Waals surface area (Å²) in [6.07, 6.45) is 0. The second kappa shape index (κ2) is 15.1. The van der Waals surface area contributed by atoms with Crippen molar-refractivity contribution in [2.24, 2.45) is 0 Å². The summed E-state index contributed by atoms with van der Waals surface area (Å²) in [5.74, 6) is 0. The molecule has 11 aromatic rings.